The monoisotopic (exact) mass is 439 g/mol. The summed E-state index contributed by atoms with van der Waals surface area (Å²) in [6, 6.07) is 10.1. The van der Waals surface area contributed by atoms with Gasteiger partial charge < -0.3 is 15.8 Å². The van der Waals surface area contributed by atoms with Gasteiger partial charge in [-0.1, -0.05) is 30.7 Å². The summed E-state index contributed by atoms with van der Waals surface area (Å²) in [6.45, 7) is 0. The molecule has 2 heterocycles. The summed E-state index contributed by atoms with van der Waals surface area (Å²) in [6.07, 6.45) is 5.99. The van der Waals surface area contributed by atoms with Crippen LogP contribution in [0.4, 0.5) is 5.69 Å². The summed E-state index contributed by atoms with van der Waals surface area (Å²) in [7, 11) is 0. The molecule has 0 unspecified atom stereocenters. The van der Waals surface area contributed by atoms with E-state index in [9.17, 15) is 9.59 Å². The molecule has 0 radical (unpaired) electrons. The minimum atomic E-state index is -0.536. The summed E-state index contributed by atoms with van der Waals surface area (Å²) < 4.78 is 7.45. The maximum atomic E-state index is 12.3. The van der Waals surface area contributed by atoms with E-state index in [1.807, 2.05) is 4.68 Å². The molecule has 11 heteroatoms. The van der Waals surface area contributed by atoms with Gasteiger partial charge in [0.1, 0.15) is 5.75 Å². The normalized spacial score (nSPS) is 13.8. The molecule has 160 valence electrons. The van der Waals surface area contributed by atoms with Crippen molar-refractivity contribution in [2.45, 2.75) is 36.9 Å². The Morgan fingerprint density at radius 3 is 2.81 bits per heavy atom. The van der Waals surface area contributed by atoms with Gasteiger partial charge in [-0.15, -0.1) is 5.10 Å². The number of nitrogens with two attached hydrogens (primary N) is 1. The average Bonchev–Trinajstić information content (AvgIpc) is 3.45. The van der Waals surface area contributed by atoms with Gasteiger partial charge in [-0.25, -0.2) is 9.67 Å². The molecule has 0 bridgehead atoms. The van der Waals surface area contributed by atoms with Gasteiger partial charge >= 0.3 is 0 Å². The van der Waals surface area contributed by atoms with E-state index in [2.05, 4.69) is 25.8 Å². The van der Waals surface area contributed by atoms with E-state index in [4.69, 9.17) is 10.5 Å². The number of benzene rings is 1. The molecule has 1 fully saturated rings. The van der Waals surface area contributed by atoms with Crippen LogP contribution in [0.15, 0.2) is 47.8 Å². The Hall–Kier alpha value is -3.47. The van der Waals surface area contributed by atoms with Crippen molar-refractivity contribution in [3.63, 3.8) is 0 Å². The molecule has 1 saturated carbocycles. The molecule has 1 aromatic carbocycles. The van der Waals surface area contributed by atoms with Gasteiger partial charge in [-0.2, -0.15) is 0 Å². The highest BCUT2D eigenvalue weighted by atomic mass is 32.2. The number of ether oxygens (including phenoxy) is 1. The lowest BCUT2D eigenvalue weighted by atomic mass is 10.2. The first-order valence-electron chi connectivity index (χ1n) is 9.83. The number of nitrogens with zero attached hydrogens (tertiary/aromatic N) is 5. The Labute approximate surface area is 182 Å². The van der Waals surface area contributed by atoms with Crippen molar-refractivity contribution in [3.8, 4) is 11.6 Å². The topological polar surface area (TPSA) is 138 Å². The predicted octanol–water partition coefficient (Wildman–Crippen LogP) is 2.81. The Balaban J connectivity index is 1.30. The molecule has 4 rings (SSSR count). The van der Waals surface area contributed by atoms with Crippen molar-refractivity contribution in [3.05, 3.63) is 48.2 Å². The van der Waals surface area contributed by atoms with E-state index in [0.717, 1.165) is 12.8 Å². The summed E-state index contributed by atoms with van der Waals surface area (Å²) in [5, 5.41) is 15.3. The zero-order valence-electron chi connectivity index (χ0n) is 16.6. The number of hydrogen-bond acceptors (Lipinski definition) is 8. The first kappa shape index (κ1) is 20.8. The number of carbonyl (C=O) groups is 2. The maximum absolute atomic E-state index is 12.3. The summed E-state index contributed by atoms with van der Waals surface area (Å²) in [5.74, 6) is 0.231. The molecule has 0 spiro atoms. The quantitative estimate of drug-likeness (QED) is 0.511. The van der Waals surface area contributed by atoms with Crippen LogP contribution in [0, 0.1) is 0 Å². The minimum absolute atomic E-state index is 0.185. The fraction of sp³-hybridized carbons (Fsp3) is 0.300. The largest absolute Gasteiger partial charge is 0.439 e. The van der Waals surface area contributed by atoms with Crippen LogP contribution in [-0.4, -0.2) is 42.8 Å². The van der Waals surface area contributed by atoms with Gasteiger partial charge in [0.2, 0.25) is 22.9 Å². The number of primary amides is 1. The summed E-state index contributed by atoms with van der Waals surface area (Å²) in [5.41, 5.74) is 6.16. The predicted molar refractivity (Wildman–Crippen MR) is 114 cm³/mol. The first-order chi connectivity index (χ1) is 15.1. The second-order valence-electron chi connectivity index (χ2n) is 7.06. The zero-order valence-corrected chi connectivity index (χ0v) is 17.4. The zero-order chi connectivity index (χ0) is 21.6. The lowest BCUT2D eigenvalue weighted by Gasteiger charge is -2.11. The molecule has 0 atom stereocenters. The third-order valence-electron chi connectivity index (χ3n) is 4.83. The number of amides is 2. The smallest absolute Gasteiger partial charge is 0.248 e. The highest BCUT2D eigenvalue weighted by molar-refractivity contribution is 7.99. The van der Waals surface area contributed by atoms with Crippen LogP contribution in [0.3, 0.4) is 0 Å². The Morgan fingerprint density at radius 2 is 2.06 bits per heavy atom. The average molecular weight is 440 g/mol. The number of rotatable bonds is 8. The fourth-order valence-corrected chi connectivity index (χ4v) is 4.08. The highest BCUT2D eigenvalue weighted by Crippen LogP contribution is 2.31. The number of nitrogens with one attached hydrogen (secondary N) is 1. The Kier molecular flexibility index (Phi) is 6.41. The molecule has 3 N–H and O–H groups in total. The third-order valence-corrected chi connectivity index (χ3v) is 5.76. The molecular formula is C20H21N7O3S. The number of aromatic nitrogens is 5. The van der Waals surface area contributed by atoms with Crippen LogP contribution >= 0.6 is 11.8 Å². The van der Waals surface area contributed by atoms with Gasteiger partial charge in [-0.05, 0) is 47.5 Å². The highest BCUT2D eigenvalue weighted by Gasteiger charge is 2.22. The minimum Gasteiger partial charge on any atom is -0.439 e. The molecule has 0 aliphatic heterocycles. The first-order valence-corrected chi connectivity index (χ1v) is 10.8. The van der Waals surface area contributed by atoms with Gasteiger partial charge in [0.15, 0.2) is 0 Å². The molecule has 10 nitrogen and oxygen atoms in total. The SMILES string of the molecule is NC(=O)c1cccc(Oc2ccc(NC(=O)CSc3nnnn3C3CCCC3)cn2)c1. The summed E-state index contributed by atoms with van der Waals surface area (Å²) in [4.78, 5) is 27.8. The maximum Gasteiger partial charge on any atom is 0.248 e. The van der Waals surface area contributed by atoms with Crippen LogP contribution in [0.1, 0.15) is 42.1 Å². The van der Waals surface area contributed by atoms with E-state index in [1.165, 1.54) is 36.9 Å². The number of hydrogen-bond donors (Lipinski definition) is 2. The van der Waals surface area contributed by atoms with Crippen LogP contribution in [0.5, 0.6) is 11.6 Å². The van der Waals surface area contributed by atoms with Gasteiger partial charge in [0.05, 0.1) is 23.7 Å². The van der Waals surface area contributed by atoms with Crippen molar-refractivity contribution in [2.75, 3.05) is 11.1 Å². The number of anilines is 1. The number of thioether (sulfide) groups is 1. The lowest BCUT2D eigenvalue weighted by Crippen LogP contribution is -2.15. The molecule has 2 aromatic heterocycles. The molecule has 1 aliphatic rings. The van der Waals surface area contributed by atoms with Crippen molar-refractivity contribution < 1.29 is 14.3 Å². The van der Waals surface area contributed by atoms with Gasteiger partial charge in [0, 0.05) is 11.6 Å². The van der Waals surface area contributed by atoms with Crippen LogP contribution in [0.25, 0.3) is 0 Å². The van der Waals surface area contributed by atoms with E-state index < -0.39 is 5.91 Å². The van der Waals surface area contributed by atoms with E-state index in [1.54, 1.807) is 30.3 Å². The van der Waals surface area contributed by atoms with Gasteiger partial charge in [0.25, 0.3) is 0 Å². The fourth-order valence-electron chi connectivity index (χ4n) is 3.33. The van der Waals surface area contributed by atoms with E-state index >= 15 is 0 Å². The number of carbonyl (C=O) groups excluding carboxylic acids is 2. The third kappa shape index (κ3) is 5.37. The van der Waals surface area contributed by atoms with Crippen LogP contribution < -0.4 is 15.8 Å². The van der Waals surface area contributed by atoms with E-state index in [0.29, 0.717) is 34.1 Å². The summed E-state index contributed by atoms with van der Waals surface area (Å²) >= 11 is 1.31. The second kappa shape index (κ2) is 9.56. The Bertz CT molecular complexity index is 1060. The molecule has 31 heavy (non-hydrogen) atoms. The second-order valence-corrected chi connectivity index (χ2v) is 8.00. The number of pyridine rings is 1. The van der Waals surface area contributed by atoms with Gasteiger partial charge in [-0.3, -0.25) is 9.59 Å². The Morgan fingerprint density at radius 1 is 1.23 bits per heavy atom. The van der Waals surface area contributed by atoms with E-state index in [-0.39, 0.29) is 11.7 Å². The van der Waals surface area contributed by atoms with Crippen LogP contribution in [0.2, 0.25) is 0 Å². The van der Waals surface area contributed by atoms with Crippen molar-refractivity contribution in [1.29, 1.82) is 0 Å². The lowest BCUT2D eigenvalue weighted by molar-refractivity contribution is -0.113. The molecule has 3 aromatic rings. The van der Waals surface area contributed by atoms with Crippen molar-refractivity contribution >= 4 is 29.3 Å². The van der Waals surface area contributed by atoms with Crippen LogP contribution in [-0.2, 0) is 4.79 Å². The molecule has 1 aliphatic carbocycles. The molecular weight excluding hydrogens is 418 g/mol. The standard InChI is InChI=1S/C20H21N7O3S/c21-19(29)13-4-3-7-16(10-13)30-18-9-8-14(11-22-18)23-17(28)12-31-20-24-25-26-27(20)15-5-1-2-6-15/h3-4,7-11,15H,1-2,5-6,12H2,(H2,21,29)(H,23,28). The van der Waals surface area contributed by atoms with Crippen molar-refractivity contribution in [1.82, 2.24) is 25.2 Å². The molecule has 0 saturated heterocycles. The van der Waals surface area contributed by atoms with Crippen molar-refractivity contribution in [2.24, 2.45) is 5.73 Å². The number of tetrazole rings is 1. The molecule has 2 amide bonds.